The number of nitrogens with one attached hydrogen (secondary N) is 2. The molecule has 2 saturated carbocycles. The summed E-state index contributed by atoms with van der Waals surface area (Å²) in [5.41, 5.74) is 7.83. The van der Waals surface area contributed by atoms with Crippen LogP contribution >= 0.6 is 0 Å². The van der Waals surface area contributed by atoms with Gasteiger partial charge in [0.05, 0.1) is 12.9 Å². The minimum Gasteiger partial charge on any atom is -0.433 e. The molecule has 0 bridgehead atoms. The average molecular weight is 515 g/mol. The van der Waals surface area contributed by atoms with Gasteiger partial charge in [0.15, 0.2) is 17.0 Å². The van der Waals surface area contributed by atoms with E-state index in [0.29, 0.717) is 43.8 Å². The van der Waals surface area contributed by atoms with Gasteiger partial charge >= 0.3 is 6.16 Å². The highest BCUT2D eigenvalue weighted by atomic mass is 16.8. The zero-order valence-corrected chi connectivity index (χ0v) is 22.2. The first kappa shape index (κ1) is 26.0. The van der Waals surface area contributed by atoms with Crippen molar-refractivity contribution in [3.8, 4) is 0 Å². The predicted molar refractivity (Wildman–Crippen MR) is 142 cm³/mol. The van der Waals surface area contributed by atoms with Gasteiger partial charge in [-0.25, -0.2) is 9.78 Å². The van der Waals surface area contributed by atoms with Crippen LogP contribution in [0.25, 0.3) is 11.2 Å². The van der Waals surface area contributed by atoms with Crippen LogP contribution in [0.1, 0.15) is 84.1 Å². The van der Waals surface area contributed by atoms with Crippen LogP contribution in [0.15, 0.2) is 6.33 Å². The zero-order chi connectivity index (χ0) is 25.8. The van der Waals surface area contributed by atoms with E-state index in [-0.39, 0.29) is 12.0 Å². The quantitative estimate of drug-likeness (QED) is 0.440. The van der Waals surface area contributed by atoms with E-state index in [9.17, 15) is 4.79 Å². The SMILES string of the molecule is CC(C)COC(=O)ON1CCC(Nc2nc(N[C@H]3CC[C@H](N)CC3)nc3c2ncn3C2CCCC2)CC1. The lowest BCUT2D eigenvalue weighted by atomic mass is 9.92. The van der Waals surface area contributed by atoms with Gasteiger partial charge in [0.25, 0.3) is 0 Å². The van der Waals surface area contributed by atoms with Crippen LogP contribution in [0.5, 0.6) is 0 Å². The van der Waals surface area contributed by atoms with Crippen molar-refractivity contribution in [1.29, 1.82) is 0 Å². The summed E-state index contributed by atoms with van der Waals surface area (Å²) >= 11 is 0. The molecule has 2 aromatic rings. The number of piperidine rings is 1. The molecule has 1 saturated heterocycles. The van der Waals surface area contributed by atoms with E-state index in [2.05, 4.69) is 15.2 Å². The molecule has 0 unspecified atom stereocenters. The first-order valence-corrected chi connectivity index (χ1v) is 14.1. The largest absolute Gasteiger partial charge is 0.527 e. The van der Waals surface area contributed by atoms with Crippen molar-refractivity contribution in [3.63, 3.8) is 0 Å². The molecule has 0 atom stereocenters. The first-order chi connectivity index (χ1) is 17.9. The Hall–Kier alpha value is -2.66. The topological polar surface area (TPSA) is 132 Å². The number of ether oxygens (including phenoxy) is 1. The number of nitrogens with zero attached hydrogens (tertiary/aromatic N) is 5. The fourth-order valence-electron chi connectivity index (χ4n) is 5.63. The van der Waals surface area contributed by atoms with Gasteiger partial charge in [0.1, 0.15) is 0 Å². The van der Waals surface area contributed by atoms with E-state index in [4.69, 9.17) is 30.3 Å². The number of hydrogen-bond donors (Lipinski definition) is 3. The zero-order valence-electron chi connectivity index (χ0n) is 22.2. The van der Waals surface area contributed by atoms with Gasteiger partial charge in [0.2, 0.25) is 5.95 Å². The summed E-state index contributed by atoms with van der Waals surface area (Å²) in [6.07, 6.45) is 11.9. The Bertz CT molecular complexity index is 1040. The van der Waals surface area contributed by atoms with Crippen LogP contribution in [0.3, 0.4) is 0 Å². The third-order valence-electron chi connectivity index (χ3n) is 7.78. The molecular formula is C26H42N8O3. The summed E-state index contributed by atoms with van der Waals surface area (Å²) < 4.78 is 7.39. The van der Waals surface area contributed by atoms with Crippen LogP contribution in [0.4, 0.5) is 16.6 Å². The normalized spacial score (nSPS) is 24.0. The van der Waals surface area contributed by atoms with E-state index < -0.39 is 6.16 Å². The second-order valence-electron chi connectivity index (χ2n) is 11.3. The molecule has 3 aliphatic rings. The maximum Gasteiger partial charge on any atom is 0.527 e. The number of anilines is 2. The van der Waals surface area contributed by atoms with Gasteiger partial charge < -0.3 is 30.5 Å². The summed E-state index contributed by atoms with van der Waals surface area (Å²) in [6.45, 7) is 5.62. The molecule has 0 radical (unpaired) electrons. The van der Waals surface area contributed by atoms with E-state index in [1.54, 1.807) is 5.06 Å². The Morgan fingerprint density at radius 3 is 2.43 bits per heavy atom. The van der Waals surface area contributed by atoms with Gasteiger partial charge in [0, 0.05) is 37.3 Å². The molecule has 4 N–H and O–H groups in total. The molecule has 2 aliphatic carbocycles. The lowest BCUT2D eigenvalue weighted by Gasteiger charge is -2.31. The molecule has 5 rings (SSSR count). The van der Waals surface area contributed by atoms with Gasteiger partial charge in [-0.1, -0.05) is 26.7 Å². The first-order valence-electron chi connectivity index (χ1n) is 14.1. The molecule has 3 heterocycles. The third kappa shape index (κ3) is 6.62. The molecule has 11 heteroatoms. The second-order valence-corrected chi connectivity index (χ2v) is 11.3. The van der Waals surface area contributed by atoms with Crippen molar-refractivity contribution in [2.75, 3.05) is 30.3 Å². The van der Waals surface area contributed by atoms with Crippen molar-refractivity contribution in [1.82, 2.24) is 24.6 Å². The molecule has 0 spiro atoms. The number of rotatable bonds is 8. The monoisotopic (exact) mass is 514 g/mol. The third-order valence-corrected chi connectivity index (χ3v) is 7.78. The standard InChI is InChI=1S/C26H42N8O3/c1-17(2)15-36-26(35)37-33-13-11-20(12-14-33)29-23-22-24(34(16-28-22)21-5-3-4-6-21)32-25(31-23)30-19-9-7-18(27)8-10-19/h16-21H,3-15,27H2,1-2H3,(H2,29,30,31,32)/t18-,19-. The number of hydroxylamine groups is 2. The number of aromatic nitrogens is 4. The lowest BCUT2D eigenvalue weighted by Crippen LogP contribution is -2.40. The predicted octanol–water partition coefficient (Wildman–Crippen LogP) is 4.22. The summed E-state index contributed by atoms with van der Waals surface area (Å²) in [6, 6.07) is 1.28. The minimum absolute atomic E-state index is 0.196. The molecule has 37 heavy (non-hydrogen) atoms. The van der Waals surface area contributed by atoms with Gasteiger partial charge in [-0.05, 0) is 57.3 Å². The molecule has 1 aliphatic heterocycles. The molecule has 11 nitrogen and oxygen atoms in total. The van der Waals surface area contributed by atoms with Gasteiger partial charge in [-0.3, -0.25) is 0 Å². The van der Waals surface area contributed by atoms with E-state index in [1.165, 1.54) is 25.7 Å². The molecule has 0 amide bonds. The van der Waals surface area contributed by atoms with Gasteiger partial charge in [-0.2, -0.15) is 9.97 Å². The number of imidazole rings is 1. The molecule has 204 valence electrons. The number of nitrogens with two attached hydrogens (primary N) is 1. The van der Waals surface area contributed by atoms with Gasteiger partial charge in [-0.15, -0.1) is 5.06 Å². The minimum atomic E-state index is -0.630. The van der Waals surface area contributed by atoms with Crippen molar-refractivity contribution in [3.05, 3.63) is 6.33 Å². The fraction of sp³-hybridized carbons (Fsp3) is 0.769. The Morgan fingerprint density at radius 2 is 1.73 bits per heavy atom. The van der Waals surface area contributed by atoms with Crippen LogP contribution in [0, 0.1) is 5.92 Å². The van der Waals surface area contributed by atoms with Crippen molar-refractivity contribution < 1.29 is 14.4 Å². The molecule has 3 fully saturated rings. The highest BCUT2D eigenvalue weighted by Crippen LogP contribution is 2.34. The Kier molecular flexibility index (Phi) is 8.29. The van der Waals surface area contributed by atoms with Crippen LogP contribution < -0.4 is 16.4 Å². The maximum atomic E-state index is 11.9. The van der Waals surface area contributed by atoms with Crippen molar-refractivity contribution >= 4 is 29.1 Å². The van der Waals surface area contributed by atoms with E-state index in [0.717, 1.165) is 55.5 Å². The maximum absolute atomic E-state index is 11.9. The van der Waals surface area contributed by atoms with Crippen LogP contribution in [-0.2, 0) is 9.57 Å². The summed E-state index contributed by atoms with van der Waals surface area (Å²) in [5, 5.41) is 8.92. The highest BCUT2D eigenvalue weighted by Gasteiger charge is 2.27. The van der Waals surface area contributed by atoms with Crippen molar-refractivity contribution in [2.24, 2.45) is 11.7 Å². The number of fused-ring (bicyclic) bond motifs is 1. The average Bonchev–Trinajstić information content (AvgIpc) is 3.56. The van der Waals surface area contributed by atoms with Crippen LogP contribution in [-0.4, -0.2) is 68.6 Å². The van der Waals surface area contributed by atoms with E-state index >= 15 is 0 Å². The number of carbonyl (C=O) groups is 1. The summed E-state index contributed by atoms with van der Waals surface area (Å²) in [7, 11) is 0. The van der Waals surface area contributed by atoms with Crippen molar-refractivity contribution in [2.45, 2.75) is 102 Å². The number of carbonyl (C=O) groups excluding carboxylic acids is 1. The summed E-state index contributed by atoms with van der Waals surface area (Å²) in [5.74, 6) is 1.70. The van der Waals surface area contributed by atoms with E-state index in [1.807, 2.05) is 20.2 Å². The highest BCUT2D eigenvalue weighted by molar-refractivity contribution is 5.84. The Morgan fingerprint density at radius 1 is 1.03 bits per heavy atom. The van der Waals surface area contributed by atoms with Crippen LogP contribution in [0.2, 0.25) is 0 Å². The fourth-order valence-corrected chi connectivity index (χ4v) is 5.63. The Balaban J connectivity index is 1.27. The second kappa shape index (κ2) is 11.8. The number of hydrogen-bond acceptors (Lipinski definition) is 10. The smallest absolute Gasteiger partial charge is 0.433 e. The Labute approximate surface area is 218 Å². The molecule has 0 aromatic carbocycles. The molecular weight excluding hydrogens is 472 g/mol. The molecule has 2 aromatic heterocycles. The lowest BCUT2D eigenvalue weighted by molar-refractivity contribution is -0.139. The summed E-state index contributed by atoms with van der Waals surface area (Å²) in [4.78, 5) is 31.9.